The standard InChI is InChI=1S/C22H28N4O2S/c1-3-4-12-20-24-21(28-25-20)16(2)29-22-23-14-19(17-9-6-5-7-10-17)26(22)15-18-11-8-13-27-18/h5-7,9-10,14,16,18H,3-4,8,11-13,15H2,1-2H3. The van der Waals surface area contributed by atoms with E-state index in [1.54, 1.807) is 11.8 Å². The van der Waals surface area contributed by atoms with Gasteiger partial charge < -0.3 is 13.8 Å². The van der Waals surface area contributed by atoms with Crippen molar-refractivity contribution < 1.29 is 9.26 Å². The Bertz CT molecular complexity index is 903. The molecule has 3 aromatic rings. The van der Waals surface area contributed by atoms with Crippen molar-refractivity contribution in [1.82, 2.24) is 19.7 Å². The summed E-state index contributed by atoms with van der Waals surface area (Å²) in [5.74, 6) is 1.45. The van der Waals surface area contributed by atoms with Crippen LogP contribution in [0.5, 0.6) is 0 Å². The summed E-state index contributed by atoms with van der Waals surface area (Å²) in [4.78, 5) is 9.32. The van der Waals surface area contributed by atoms with Crippen molar-refractivity contribution >= 4 is 11.8 Å². The van der Waals surface area contributed by atoms with E-state index in [9.17, 15) is 0 Å². The normalized spacial score (nSPS) is 17.7. The summed E-state index contributed by atoms with van der Waals surface area (Å²) in [5, 5.41) is 5.12. The van der Waals surface area contributed by atoms with E-state index in [0.29, 0.717) is 5.89 Å². The molecule has 3 heterocycles. The van der Waals surface area contributed by atoms with E-state index < -0.39 is 0 Å². The third kappa shape index (κ3) is 4.90. The Balaban J connectivity index is 1.55. The molecule has 2 aromatic heterocycles. The molecule has 7 heteroatoms. The van der Waals surface area contributed by atoms with Crippen LogP contribution in [0.25, 0.3) is 11.3 Å². The van der Waals surface area contributed by atoms with Crippen LogP contribution in [0, 0.1) is 0 Å². The monoisotopic (exact) mass is 412 g/mol. The minimum absolute atomic E-state index is 0.0344. The largest absolute Gasteiger partial charge is 0.376 e. The fourth-order valence-corrected chi connectivity index (χ4v) is 4.46. The number of aryl methyl sites for hydroxylation is 1. The van der Waals surface area contributed by atoms with Crippen LogP contribution in [-0.2, 0) is 17.7 Å². The van der Waals surface area contributed by atoms with Gasteiger partial charge >= 0.3 is 0 Å². The molecule has 1 aliphatic heterocycles. The van der Waals surface area contributed by atoms with E-state index in [4.69, 9.17) is 14.2 Å². The van der Waals surface area contributed by atoms with Crippen molar-refractivity contribution in [1.29, 1.82) is 0 Å². The van der Waals surface area contributed by atoms with E-state index in [-0.39, 0.29) is 11.4 Å². The second-order valence-corrected chi connectivity index (χ2v) is 8.76. The zero-order valence-electron chi connectivity index (χ0n) is 17.1. The van der Waals surface area contributed by atoms with Crippen LogP contribution in [0.15, 0.2) is 46.2 Å². The average Bonchev–Trinajstić information content (AvgIpc) is 3.50. The lowest BCUT2D eigenvalue weighted by Crippen LogP contribution is -2.16. The summed E-state index contributed by atoms with van der Waals surface area (Å²) in [7, 11) is 0. The molecule has 0 radical (unpaired) electrons. The fourth-order valence-electron chi connectivity index (χ4n) is 3.54. The highest BCUT2D eigenvalue weighted by molar-refractivity contribution is 7.99. The summed E-state index contributed by atoms with van der Waals surface area (Å²) in [6, 6.07) is 10.4. The number of unbranched alkanes of at least 4 members (excludes halogenated alkanes) is 1. The summed E-state index contributed by atoms with van der Waals surface area (Å²) in [6.45, 7) is 5.92. The first-order valence-electron chi connectivity index (χ1n) is 10.5. The molecule has 0 aliphatic carbocycles. The van der Waals surface area contributed by atoms with Gasteiger partial charge in [0.25, 0.3) is 0 Å². The molecule has 0 spiro atoms. The molecule has 1 fully saturated rings. The molecule has 1 aromatic carbocycles. The van der Waals surface area contributed by atoms with Crippen molar-refractivity contribution in [2.75, 3.05) is 6.61 Å². The minimum atomic E-state index is 0.0344. The Labute approximate surface area is 176 Å². The second kappa shape index (κ2) is 9.59. The highest BCUT2D eigenvalue weighted by atomic mass is 32.2. The van der Waals surface area contributed by atoms with Crippen LogP contribution < -0.4 is 0 Å². The maximum Gasteiger partial charge on any atom is 0.239 e. The number of hydrogen-bond acceptors (Lipinski definition) is 6. The smallest absolute Gasteiger partial charge is 0.239 e. The van der Waals surface area contributed by atoms with E-state index in [0.717, 1.165) is 67.5 Å². The number of imidazole rings is 1. The minimum Gasteiger partial charge on any atom is -0.376 e. The van der Waals surface area contributed by atoms with Crippen LogP contribution >= 0.6 is 11.8 Å². The van der Waals surface area contributed by atoms with Crippen LogP contribution in [-0.4, -0.2) is 32.4 Å². The second-order valence-electron chi connectivity index (χ2n) is 7.45. The number of ether oxygens (including phenoxy) is 1. The van der Waals surface area contributed by atoms with Gasteiger partial charge in [0.05, 0.1) is 29.8 Å². The van der Waals surface area contributed by atoms with Crippen LogP contribution in [0.2, 0.25) is 0 Å². The summed E-state index contributed by atoms with van der Waals surface area (Å²) in [5.41, 5.74) is 2.28. The third-order valence-corrected chi connectivity index (χ3v) is 6.26. The predicted molar refractivity (Wildman–Crippen MR) is 114 cm³/mol. The van der Waals surface area contributed by atoms with Crippen molar-refractivity contribution in [2.24, 2.45) is 0 Å². The quantitative estimate of drug-likeness (QED) is 0.444. The van der Waals surface area contributed by atoms with Gasteiger partial charge in [0, 0.05) is 13.0 Å². The molecule has 1 aliphatic rings. The first-order valence-corrected chi connectivity index (χ1v) is 11.3. The predicted octanol–water partition coefficient (Wildman–Crippen LogP) is 5.31. The van der Waals surface area contributed by atoms with Gasteiger partial charge in [0.1, 0.15) is 0 Å². The molecule has 29 heavy (non-hydrogen) atoms. The lowest BCUT2D eigenvalue weighted by Gasteiger charge is -2.17. The van der Waals surface area contributed by atoms with Gasteiger partial charge in [-0.05, 0) is 31.7 Å². The Morgan fingerprint density at radius 2 is 2.14 bits per heavy atom. The summed E-state index contributed by atoms with van der Waals surface area (Å²) >= 11 is 1.66. The van der Waals surface area contributed by atoms with Gasteiger partial charge in [-0.2, -0.15) is 4.98 Å². The van der Waals surface area contributed by atoms with Gasteiger partial charge in [-0.25, -0.2) is 4.98 Å². The summed E-state index contributed by atoms with van der Waals surface area (Å²) < 4.78 is 13.7. The van der Waals surface area contributed by atoms with Gasteiger partial charge in [0.15, 0.2) is 11.0 Å². The summed E-state index contributed by atoms with van der Waals surface area (Å²) in [6.07, 6.45) is 7.48. The SMILES string of the molecule is CCCCc1noc(C(C)Sc2ncc(-c3ccccc3)n2CC2CCCO2)n1. The molecule has 0 bridgehead atoms. The lowest BCUT2D eigenvalue weighted by atomic mass is 10.1. The molecular weight excluding hydrogens is 384 g/mol. The van der Waals surface area contributed by atoms with Crippen molar-refractivity contribution in [2.45, 2.75) is 69.0 Å². The maximum absolute atomic E-state index is 5.90. The number of hydrogen-bond donors (Lipinski definition) is 0. The fraction of sp³-hybridized carbons (Fsp3) is 0.500. The van der Waals surface area contributed by atoms with E-state index in [1.165, 1.54) is 0 Å². The molecule has 0 N–H and O–H groups in total. The Kier molecular flexibility index (Phi) is 6.67. The Hall–Kier alpha value is -2.12. The number of benzene rings is 1. The highest BCUT2D eigenvalue weighted by Crippen LogP contribution is 2.36. The maximum atomic E-state index is 5.90. The first-order chi connectivity index (χ1) is 14.2. The lowest BCUT2D eigenvalue weighted by molar-refractivity contribution is 0.0953. The van der Waals surface area contributed by atoms with E-state index >= 15 is 0 Å². The number of aromatic nitrogens is 4. The van der Waals surface area contributed by atoms with E-state index in [2.05, 4.69) is 52.8 Å². The molecule has 0 saturated carbocycles. The molecule has 1 saturated heterocycles. The number of thioether (sulfide) groups is 1. The van der Waals surface area contributed by atoms with Crippen LogP contribution in [0.4, 0.5) is 0 Å². The number of nitrogens with zero attached hydrogens (tertiary/aromatic N) is 4. The average molecular weight is 413 g/mol. The third-order valence-electron chi connectivity index (χ3n) is 5.17. The topological polar surface area (TPSA) is 66.0 Å². The molecule has 6 nitrogen and oxygen atoms in total. The van der Waals surface area contributed by atoms with Gasteiger partial charge in [-0.15, -0.1) is 0 Å². The first kappa shape index (κ1) is 20.2. The van der Waals surface area contributed by atoms with Gasteiger partial charge in [-0.3, -0.25) is 0 Å². The van der Waals surface area contributed by atoms with Crippen LogP contribution in [0.3, 0.4) is 0 Å². The van der Waals surface area contributed by atoms with E-state index in [1.807, 2.05) is 12.3 Å². The molecular formula is C22H28N4O2S. The van der Waals surface area contributed by atoms with Crippen molar-refractivity contribution in [3.8, 4) is 11.3 Å². The molecule has 0 amide bonds. The molecule has 2 unspecified atom stereocenters. The van der Waals surface area contributed by atoms with Gasteiger partial charge in [0.2, 0.25) is 5.89 Å². The highest BCUT2D eigenvalue weighted by Gasteiger charge is 2.23. The Morgan fingerprint density at radius 3 is 2.90 bits per heavy atom. The molecule has 2 atom stereocenters. The van der Waals surface area contributed by atoms with Crippen molar-refractivity contribution in [3.63, 3.8) is 0 Å². The van der Waals surface area contributed by atoms with Crippen LogP contribution in [0.1, 0.15) is 56.5 Å². The molecule has 4 rings (SSSR count). The number of rotatable bonds is 9. The van der Waals surface area contributed by atoms with Crippen molar-refractivity contribution in [3.05, 3.63) is 48.2 Å². The molecule has 154 valence electrons. The van der Waals surface area contributed by atoms with Gasteiger partial charge in [-0.1, -0.05) is 60.6 Å². The Morgan fingerprint density at radius 1 is 1.28 bits per heavy atom. The zero-order chi connectivity index (χ0) is 20.1. The zero-order valence-corrected chi connectivity index (χ0v) is 17.9.